The third-order valence-corrected chi connectivity index (χ3v) is 3.32. The molecule has 0 rings (SSSR count). The Kier molecular flexibility index (Phi) is 8.78. The summed E-state index contributed by atoms with van der Waals surface area (Å²) in [5, 5.41) is 0. The number of unbranched alkanes of at least 4 members (excludes halogenated alkanes) is 3. The second kappa shape index (κ2) is 9.23. The number of carbonyl (C=O) groups is 1. The number of allylic oxidation sites excluding steroid dienone is 1. The predicted octanol–water partition coefficient (Wildman–Crippen LogP) is 2.56. The summed E-state index contributed by atoms with van der Waals surface area (Å²) in [7, 11) is 1.85. The van der Waals surface area contributed by atoms with Crippen LogP contribution in [0.3, 0.4) is 0 Å². The van der Waals surface area contributed by atoms with Crippen molar-refractivity contribution in [2.45, 2.75) is 52.0 Å². The predicted molar refractivity (Wildman–Crippen MR) is 73.7 cm³/mol. The van der Waals surface area contributed by atoms with Gasteiger partial charge < -0.3 is 10.6 Å². The van der Waals surface area contributed by atoms with Gasteiger partial charge in [-0.2, -0.15) is 0 Å². The summed E-state index contributed by atoms with van der Waals surface area (Å²) < 4.78 is 0. The van der Waals surface area contributed by atoms with Crippen molar-refractivity contribution in [1.82, 2.24) is 4.90 Å². The molecule has 0 aromatic heterocycles. The van der Waals surface area contributed by atoms with Gasteiger partial charge in [0, 0.05) is 13.6 Å². The van der Waals surface area contributed by atoms with Crippen LogP contribution in [-0.4, -0.2) is 30.4 Å². The summed E-state index contributed by atoms with van der Waals surface area (Å²) in [6.45, 7) is 8.59. The Morgan fingerprint density at radius 1 is 1.41 bits per heavy atom. The lowest BCUT2D eigenvalue weighted by atomic mass is 9.99. The van der Waals surface area contributed by atoms with Crippen LogP contribution < -0.4 is 5.73 Å². The highest BCUT2D eigenvalue weighted by Crippen LogP contribution is 2.09. The molecule has 2 N–H and O–H groups in total. The van der Waals surface area contributed by atoms with Crippen molar-refractivity contribution in [1.29, 1.82) is 0 Å². The van der Waals surface area contributed by atoms with Crippen LogP contribution >= 0.6 is 0 Å². The fourth-order valence-electron chi connectivity index (χ4n) is 1.68. The molecule has 3 nitrogen and oxygen atoms in total. The van der Waals surface area contributed by atoms with Crippen molar-refractivity contribution in [3.8, 4) is 0 Å². The van der Waals surface area contributed by atoms with Crippen LogP contribution in [0.25, 0.3) is 0 Å². The molecular weight excluding hydrogens is 212 g/mol. The molecule has 2 unspecified atom stereocenters. The molecule has 0 aliphatic carbocycles. The zero-order valence-corrected chi connectivity index (χ0v) is 11.6. The lowest BCUT2D eigenvalue weighted by molar-refractivity contribution is -0.132. The normalized spacial score (nSPS) is 14.1. The summed E-state index contributed by atoms with van der Waals surface area (Å²) in [5.74, 6) is 0.328. The number of likely N-dealkylation sites (N-methyl/N-ethyl adjacent to an activating group) is 1. The smallest absolute Gasteiger partial charge is 0.239 e. The highest BCUT2D eigenvalue weighted by molar-refractivity contribution is 5.81. The maximum atomic E-state index is 11.9. The molecule has 2 atom stereocenters. The van der Waals surface area contributed by atoms with Crippen molar-refractivity contribution in [3.05, 3.63) is 12.7 Å². The first-order valence-corrected chi connectivity index (χ1v) is 6.66. The second-order valence-corrected chi connectivity index (χ2v) is 4.81. The van der Waals surface area contributed by atoms with E-state index >= 15 is 0 Å². The van der Waals surface area contributed by atoms with Gasteiger partial charge in [0.1, 0.15) is 0 Å². The van der Waals surface area contributed by atoms with E-state index in [4.69, 9.17) is 5.73 Å². The summed E-state index contributed by atoms with van der Waals surface area (Å²) >= 11 is 0. The van der Waals surface area contributed by atoms with E-state index in [1.54, 1.807) is 4.90 Å². The van der Waals surface area contributed by atoms with Gasteiger partial charge in [0.05, 0.1) is 6.04 Å². The summed E-state index contributed by atoms with van der Waals surface area (Å²) in [4.78, 5) is 13.7. The lowest BCUT2D eigenvalue weighted by Crippen LogP contribution is -2.45. The zero-order valence-electron chi connectivity index (χ0n) is 11.6. The SMILES string of the molecule is C=CCCCCCN(C)C(=O)C(N)C(C)CC. The average molecular weight is 240 g/mol. The molecule has 0 heterocycles. The van der Waals surface area contributed by atoms with Gasteiger partial charge in [-0.05, 0) is 25.2 Å². The minimum absolute atomic E-state index is 0.0723. The molecule has 0 fully saturated rings. The van der Waals surface area contributed by atoms with Crippen LogP contribution in [0.5, 0.6) is 0 Å². The number of amides is 1. The Bertz CT molecular complexity index is 228. The molecule has 0 aromatic carbocycles. The fraction of sp³-hybridized carbons (Fsp3) is 0.786. The van der Waals surface area contributed by atoms with Gasteiger partial charge in [-0.1, -0.05) is 32.8 Å². The van der Waals surface area contributed by atoms with Crippen molar-refractivity contribution in [2.24, 2.45) is 11.7 Å². The van der Waals surface area contributed by atoms with Crippen LogP contribution in [0.2, 0.25) is 0 Å². The number of nitrogens with zero attached hydrogens (tertiary/aromatic N) is 1. The van der Waals surface area contributed by atoms with Gasteiger partial charge in [-0.25, -0.2) is 0 Å². The Morgan fingerprint density at radius 2 is 2.06 bits per heavy atom. The van der Waals surface area contributed by atoms with E-state index < -0.39 is 0 Å². The van der Waals surface area contributed by atoms with Crippen molar-refractivity contribution >= 4 is 5.91 Å². The Balaban J connectivity index is 3.84. The number of hydrogen-bond acceptors (Lipinski definition) is 2. The molecule has 1 amide bonds. The minimum atomic E-state index is -0.349. The largest absolute Gasteiger partial charge is 0.344 e. The van der Waals surface area contributed by atoms with Gasteiger partial charge in [0.15, 0.2) is 0 Å². The highest BCUT2D eigenvalue weighted by atomic mass is 16.2. The highest BCUT2D eigenvalue weighted by Gasteiger charge is 2.22. The molecule has 0 saturated carbocycles. The topological polar surface area (TPSA) is 46.3 Å². The zero-order chi connectivity index (χ0) is 13.3. The van der Waals surface area contributed by atoms with Crippen LogP contribution in [0.1, 0.15) is 46.0 Å². The first kappa shape index (κ1) is 16.2. The molecule has 0 radical (unpaired) electrons. The number of hydrogen-bond donors (Lipinski definition) is 1. The third kappa shape index (κ3) is 6.47. The molecular formula is C14H28N2O. The maximum absolute atomic E-state index is 11.9. The molecule has 0 aliphatic heterocycles. The fourth-order valence-corrected chi connectivity index (χ4v) is 1.68. The van der Waals surface area contributed by atoms with E-state index in [9.17, 15) is 4.79 Å². The number of rotatable bonds is 9. The van der Waals surface area contributed by atoms with Gasteiger partial charge in [0.25, 0.3) is 0 Å². The lowest BCUT2D eigenvalue weighted by Gasteiger charge is -2.24. The van der Waals surface area contributed by atoms with Crippen LogP contribution in [-0.2, 0) is 4.79 Å². The standard InChI is InChI=1S/C14H28N2O/c1-5-7-8-9-10-11-16(4)14(17)13(15)12(3)6-2/h5,12-13H,1,6-11,15H2,2-4H3. The summed E-state index contributed by atoms with van der Waals surface area (Å²) in [5.41, 5.74) is 5.92. The van der Waals surface area contributed by atoms with E-state index in [1.165, 1.54) is 0 Å². The number of carbonyl (C=O) groups excluding carboxylic acids is 1. The maximum Gasteiger partial charge on any atom is 0.239 e. The van der Waals surface area contributed by atoms with Gasteiger partial charge >= 0.3 is 0 Å². The molecule has 0 saturated heterocycles. The van der Waals surface area contributed by atoms with Crippen LogP contribution in [0.15, 0.2) is 12.7 Å². The molecule has 0 aliphatic rings. The Labute approximate surface area is 106 Å². The Hall–Kier alpha value is -0.830. The molecule has 100 valence electrons. The molecule has 0 spiro atoms. The first-order chi connectivity index (χ1) is 8.04. The van der Waals surface area contributed by atoms with E-state index in [0.29, 0.717) is 0 Å². The van der Waals surface area contributed by atoms with Gasteiger partial charge in [0.2, 0.25) is 5.91 Å². The quantitative estimate of drug-likeness (QED) is 0.497. The van der Waals surface area contributed by atoms with E-state index in [0.717, 1.165) is 38.6 Å². The van der Waals surface area contributed by atoms with Crippen molar-refractivity contribution < 1.29 is 4.79 Å². The van der Waals surface area contributed by atoms with Crippen molar-refractivity contribution in [2.75, 3.05) is 13.6 Å². The molecule has 0 bridgehead atoms. The third-order valence-electron chi connectivity index (χ3n) is 3.32. The van der Waals surface area contributed by atoms with E-state index in [-0.39, 0.29) is 17.9 Å². The first-order valence-electron chi connectivity index (χ1n) is 6.66. The Morgan fingerprint density at radius 3 is 2.59 bits per heavy atom. The second-order valence-electron chi connectivity index (χ2n) is 4.81. The van der Waals surface area contributed by atoms with Crippen LogP contribution in [0.4, 0.5) is 0 Å². The van der Waals surface area contributed by atoms with Crippen LogP contribution in [0, 0.1) is 5.92 Å². The monoisotopic (exact) mass is 240 g/mol. The summed E-state index contributed by atoms with van der Waals surface area (Å²) in [6.07, 6.45) is 7.28. The van der Waals surface area contributed by atoms with Gasteiger partial charge in [-0.15, -0.1) is 6.58 Å². The molecule has 0 aromatic rings. The van der Waals surface area contributed by atoms with E-state index in [2.05, 4.69) is 13.5 Å². The molecule has 17 heavy (non-hydrogen) atoms. The minimum Gasteiger partial charge on any atom is -0.344 e. The van der Waals surface area contributed by atoms with E-state index in [1.807, 2.05) is 20.0 Å². The number of nitrogens with two attached hydrogens (primary N) is 1. The van der Waals surface area contributed by atoms with Crippen molar-refractivity contribution in [3.63, 3.8) is 0 Å². The molecule has 3 heteroatoms. The summed E-state index contributed by atoms with van der Waals surface area (Å²) in [6, 6.07) is -0.349. The average Bonchev–Trinajstić information content (AvgIpc) is 2.35. The van der Waals surface area contributed by atoms with Gasteiger partial charge in [-0.3, -0.25) is 4.79 Å².